The van der Waals surface area contributed by atoms with Crippen molar-refractivity contribution in [2.24, 2.45) is 4.99 Å². The minimum Gasteiger partial charge on any atom is -0.350 e. The van der Waals surface area contributed by atoms with Crippen LogP contribution in [-0.2, 0) is 0 Å². The Hall–Kier alpha value is -6.43. The van der Waals surface area contributed by atoms with Crippen LogP contribution in [0.3, 0.4) is 0 Å². The predicted octanol–water partition coefficient (Wildman–Crippen LogP) is 10.7. The van der Waals surface area contributed by atoms with Gasteiger partial charge in [0.2, 0.25) is 0 Å². The zero-order chi connectivity index (χ0) is 33.3. The second kappa shape index (κ2) is 12.9. The molecule has 2 atom stereocenters. The maximum absolute atomic E-state index is 5.31. The number of rotatable bonds is 7. The first-order valence-corrected chi connectivity index (χ1v) is 17.0. The van der Waals surface area contributed by atoms with E-state index in [1.807, 2.05) is 6.07 Å². The normalized spacial score (nSPS) is 15.8. The van der Waals surface area contributed by atoms with Gasteiger partial charge in [-0.2, -0.15) is 0 Å². The van der Waals surface area contributed by atoms with E-state index in [9.17, 15) is 0 Å². The molecule has 5 nitrogen and oxygen atoms in total. The molecule has 0 radical (unpaired) electrons. The Morgan fingerprint density at radius 2 is 1.04 bits per heavy atom. The highest BCUT2D eigenvalue weighted by Crippen LogP contribution is 2.41. The molecule has 50 heavy (non-hydrogen) atoms. The Morgan fingerprint density at radius 1 is 0.500 bits per heavy atom. The third-order valence-corrected chi connectivity index (χ3v) is 9.46. The van der Waals surface area contributed by atoms with E-state index >= 15 is 0 Å². The van der Waals surface area contributed by atoms with Crippen molar-refractivity contribution >= 4 is 44.7 Å². The van der Waals surface area contributed by atoms with Crippen LogP contribution in [0.2, 0.25) is 0 Å². The molecular formula is C45H35N5. The molecule has 0 fully saturated rings. The van der Waals surface area contributed by atoms with Gasteiger partial charge in [-0.25, -0.2) is 4.99 Å². The summed E-state index contributed by atoms with van der Waals surface area (Å²) in [5.41, 5.74) is 10.1. The zero-order valence-corrected chi connectivity index (χ0v) is 27.4. The molecule has 1 aromatic heterocycles. The number of nitrogens with zero attached hydrogens (tertiary/aromatic N) is 3. The molecule has 0 bridgehead atoms. The third-order valence-electron chi connectivity index (χ3n) is 9.46. The van der Waals surface area contributed by atoms with Crippen molar-refractivity contribution in [1.82, 2.24) is 15.2 Å². The van der Waals surface area contributed by atoms with Crippen LogP contribution in [0.4, 0.5) is 17.1 Å². The maximum atomic E-state index is 5.31. The number of anilines is 3. The topological polar surface area (TPSA) is 44.6 Å². The van der Waals surface area contributed by atoms with Gasteiger partial charge in [0.25, 0.3) is 0 Å². The minimum absolute atomic E-state index is 0.209. The SMILES string of the molecule is c1ccc(C2=NC(n3c4ccccc4c4ccccc43)NC(c3cccc(-c4ccccc4N(c4ccccc4)c4ccccc4)c3)N2)cc1. The molecular weight excluding hydrogens is 611 g/mol. The molecule has 0 saturated heterocycles. The number of hydrogen-bond donors (Lipinski definition) is 2. The summed E-state index contributed by atoms with van der Waals surface area (Å²) >= 11 is 0. The van der Waals surface area contributed by atoms with E-state index in [-0.39, 0.29) is 12.5 Å². The van der Waals surface area contributed by atoms with E-state index in [2.05, 4.69) is 202 Å². The van der Waals surface area contributed by atoms with Gasteiger partial charge >= 0.3 is 0 Å². The molecule has 5 heteroatoms. The zero-order valence-electron chi connectivity index (χ0n) is 27.4. The summed E-state index contributed by atoms with van der Waals surface area (Å²) in [4.78, 5) is 7.64. The summed E-state index contributed by atoms with van der Waals surface area (Å²) < 4.78 is 2.33. The Balaban J connectivity index is 1.16. The third kappa shape index (κ3) is 5.40. The van der Waals surface area contributed by atoms with Gasteiger partial charge in [0.1, 0.15) is 12.0 Å². The van der Waals surface area contributed by atoms with Gasteiger partial charge in [-0.3, -0.25) is 5.32 Å². The highest BCUT2D eigenvalue weighted by atomic mass is 15.4. The molecule has 240 valence electrons. The molecule has 1 aliphatic heterocycles. The van der Waals surface area contributed by atoms with Gasteiger partial charge in [0, 0.05) is 33.3 Å². The first-order chi connectivity index (χ1) is 24.8. The average molecular weight is 646 g/mol. The summed E-state index contributed by atoms with van der Waals surface area (Å²) in [5, 5.41) is 10.1. The van der Waals surface area contributed by atoms with Crippen molar-refractivity contribution in [1.29, 1.82) is 0 Å². The molecule has 9 rings (SSSR count). The number of fused-ring (bicyclic) bond motifs is 3. The van der Waals surface area contributed by atoms with E-state index in [1.165, 1.54) is 10.8 Å². The second-order valence-electron chi connectivity index (χ2n) is 12.5. The van der Waals surface area contributed by atoms with Crippen molar-refractivity contribution in [3.8, 4) is 11.1 Å². The molecule has 0 aliphatic carbocycles. The first-order valence-electron chi connectivity index (χ1n) is 17.0. The van der Waals surface area contributed by atoms with Crippen molar-refractivity contribution < 1.29 is 0 Å². The summed E-state index contributed by atoms with van der Waals surface area (Å²) in [6.07, 6.45) is -0.553. The van der Waals surface area contributed by atoms with Crippen LogP contribution >= 0.6 is 0 Å². The largest absolute Gasteiger partial charge is 0.350 e. The number of amidine groups is 1. The number of aliphatic imine (C=N–C) groups is 1. The number of hydrogen-bond acceptors (Lipinski definition) is 4. The molecule has 8 aromatic rings. The van der Waals surface area contributed by atoms with Gasteiger partial charge in [0.05, 0.1) is 16.7 Å². The van der Waals surface area contributed by atoms with Crippen LogP contribution < -0.4 is 15.5 Å². The molecule has 1 aliphatic rings. The van der Waals surface area contributed by atoms with Gasteiger partial charge in [0.15, 0.2) is 6.29 Å². The number of benzene rings is 7. The van der Waals surface area contributed by atoms with Gasteiger partial charge < -0.3 is 14.8 Å². The number of nitrogens with one attached hydrogen (secondary N) is 2. The molecule has 2 heterocycles. The van der Waals surface area contributed by atoms with Crippen molar-refractivity contribution in [3.05, 3.63) is 199 Å². The first kappa shape index (κ1) is 29.7. The van der Waals surface area contributed by atoms with Crippen LogP contribution in [0, 0.1) is 0 Å². The highest BCUT2D eigenvalue weighted by molar-refractivity contribution is 6.08. The summed E-state index contributed by atoms with van der Waals surface area (Å²) in [6, 6.07) is 66.3. The van der Waals surface area contributed by atoms with Crippen LogP contribution in [0.1, 0.15) is 23.6 Å². The minimum atomic E-state index is -0.344. The van der Waals surface area contributed by atoms with Gasteiger partial charge in [-0.15, -0.1) is 0 Å². The molecule has 0 saturated carbocycles. The Labute approximate surface area is 291 Å². The summed E-state index contributed by atoms with van der Waals surface area (Å²) in [6.45, 7) is 0. The molecule has 0 spiro atoms. The molecule has 2 N–H and O–H groups in total. The Kier molecular flexibility index (Phi) is 7.65. The van der Waals surface area contributed by atoms with Crippen molar-refractivity contribution in [3.63, 3.8) is 0 Å². The van der Waals surface area contributed by atoms with E-state index in [0.29, 0.717) is 0 Å². The van der Waals surface area contributed by atoms with Crippen LogP contribution in [-0.4, -0.2) is 10.4 Å². The fraction of sp³-hybridized carbons (Fsp3) is 0.0444. The molecule has 2 unspecified atom stereocenters. The fourth-order valence-electron chi connectivity index (χ4n) is 7.19. The Bertz CT molecular complexity index is 2360. The van der Waals surface area contributed by atoms with Crippen LogP contribution in [0.5, 0.6) is 0 Å². The quantitative estimate of drug-likeness (QED) is 0.181. The monoisotopic (exact) mass is 645 g/mol. The lowest BCUT2D eigenvalue weighted by Crippen LogP contribution is -2.46. The average Bonchev–Trinajstić information content (AvgIpc) is 3.54. The lowest BCUT2D eigenvalue weighted by molar-refractivity contribution is 0.341. The van der Waals surface area contributed by atoms with Crippen LogP contribution in [0.25, 0.3) is 32.9 Å². The van der Waals surface area contributed by atoms with Gasteiger partial charge in [-0.05, 0) is 59.7 Å². The Morgan fingerprint density at radius 3 is 1.70 bits per heavy atom. The summed E-state index contributed by atoms with van der Waals surface area (Å²) in [7, 11) is 0. The molecule has 0 amide bonds. The van der Waals surface area contributed by atoms with Gasteiger partial charge in [-0.1, -0.05) is 140 Å². The van der Waals surface area contributed by atoms with Crippen molar-refractivity contribution in [2.45, 2.75) is 12.5 Å². The number of aromatic nitrogens is 1. The van der Waals surface area contributed by atoms with Crippen LogP contribution in [0.15, 0.2) is 193 Å². The fourth-order valence-corrected chi connectivity index (χ4v) is 7.19. The second-order valence-corrected chi connectivity index (χ2v) is 12.5. The maximum Gasteiger partial charge on any atom is 0.184 e. The smallest absolute Gasteiger partial charge is 0.184 e. The van der Waals surface area contributed by atoms with E-state index in [4.69, 9.17) is 4.99 Å². The lowest BCUT2D eigenvalue weighted by atomic mass is 9.98. The van der Waals surface area contributed by atoms with E-state index in [1.54, 1.807) is 0 Å². The molecule has 7 aromatic carbocycles. The predicted molar refractivity (Wildman–Crippen MR) is 207 cm³/mol. The summed E-state index contributed by atoms with van der Waals surface area (Å²) in [5.74, 6) is 0.853. The van der Waals surface area contributed by atoms with E-state index in [0.717, 1.165) is 56.2 Å². The number of para-hydroxylation sites is 5. The van der Waals surface area contributed by atoms with E-state index < -0.39 is 0 Å². The van der Waals surface area contributed by atoms with Crippen molar-refractivity contribution in [2.75, 3.05) is 4.90 Å². The lowest BCUT2D eigenvalue weighted by Gasteiger charge is -2.33. The highest BCUT2D eigenvalue weighted by Gasteiger charge is 2.28. The standard InChI is InChI=1S/C45H35N5/c1-4-17-32(18-5-1)43-46-44(48-45(47-43)50-41-29-14-11-26-38(41)39-27-12-15-30-42(39)50)34-20-16-19-33(31-34)37-25-10-13-28-40(37)49(35-21-6-2-7-22-35)36-23-8-3-9-24-36/h1-31,44-45,48H,(H,46,47).